The fourth-order valence-electron chi connectivity index (χ4n) is 4.51. The van der Waals surface area contributed by atoms with Gasteiger partial charge in [-0.2, -0.15) is 0 Å². The topological polar surface area (TPSA) is 87.5 Å². The molecular weight excluding hydrogens is 340 g/mol. The van der Waals surface area contributed by atoms with E-state index in [0.717, 1.165) is 57.9 Å². The van der Waals surface area contributed by atoms with Gasteiger partial charge in [0.15, 0.2) is 0 Å². The molecule has 3 rings (SSSR count). The van der Waals surface area contributed by atoms with Crippen molar-refractivity contribution in [2.75, 3.05) is 19.6 Å². The van der Waals surface area contributed by atoms with E-state index < -0.39 is 0 Å². The molecule has 25 heavy (non-hydrogen) atoms. The lowest BCUT2D eigenvalue weighted by molar-refractivity contribution is -0.128. The number of hydrogen-bond donors (Lipinski definition) is 3. The zero-order valence-corrected chi connectivity index (χ0v) is 15.9. The quantitative estimate of drug-likeness (QED) is 0.706. The summed E-state index contributed by atoms with van der Waals surface area (Å²) in [6.07, 6.45) is 10.6. The third-order valence-corrected chi connectivity index (χ3v) is 6.10. The molecule has 0 bridgehead atoms. The Morgan fingerprint density at radius 2 is 1.72 bits per heavy atom. The molecular formula is C18H33ClN4O2. The van der Waals surface area contributed by atoms with E-state index in [1.165, 1.54) is 12.8 Å². The maximum absolute atomic E-state index is 12.7. The minimum absolute atomic E-state index is 0. The Morgan fingerprint density at radius 1 is 1.04 bits per heavy atom. The maximum atomic E-state index is 12.7. The lowest BCUT2D eigenvalue weighted by Crippen LogP contribution is -2.56. The van der Waals surface area contributed by atoms with Gasteiger partial charge in [0.05, 0.1) is 11.5 Å². The van der Waals surface area contributed by atoms with Gasteiger partial charge in [0.1, 0.15) is 0 Å². The van der Waals surface area contributed by atoms with Gasteiger partial charge in [-0.3, -0.25) is 4.79 Å². The molecule has 2 aliphatic carbocycles. The summed E-state index contributed by atoms with van der Waals surface area (Å²) >= 11 is 0. The van der Waals surface area contributed by atoms with Crippen molar-refractivity contribution in [1.29, 1.82) is 0 Å². The van der Waals surface area contributed by atoms with Crippen LogP contribution >= 0.6 is 12.4 Å². The Bertz CT molecular complexity index is 462. The molecule has 0 aromatic rings. The summed E-state index contributed by atoms with van der Waals surface area (Å²) in [5, 5.41) is 6.36. The van der Waals surface area contributed by atoms with Gasteiger partial charge in [-0.1, -0.05) is 25.7 Å². The Kier molecular flexibility index (Phi) is 7.37. The largest absolute Gasteiger partial charge is 0.349 e. The van der Waals surface area contributed by atoms with Gasteiger partial charge >= 0.3 is 6.03 Å². The maximum Gasteiger partial charge on any atom is 0.317 e. The molecule has 7 heteroatoms. The molecule has 144 valence electrons. The summed E-state index contributed by atoms with van der Waals surface area (Å²) in [5.41, 5.74) is 5.72. The number of nitrogens with zero attached hydrogens (tertiary/aromatic N) is 1. The van der Waals surface area contributed by atoms with Crippen LogP contribution in [0.1, 0.15) is 64.2 Å². The Hall–Kier alpha value is -1.01. The first-order valence-corrected chi connectivity index (χ1v) is 9.69. The number of nitrogens with two attached hydrogens (primary N) is 1. The summed E-state index contributed by atoms with van der Waals surface area (Å²) in [7, 11) is 0. The zero-order chi connectivity index (χ0) is 17.0. The average molecular weight is 373 g/mol. The molecule has 0 aromatic heterocycles. The van der Waals surface area contributed by atoms with E-state index in [-0.39, 0.29) is 35.8 Å². The van der Waals surface area contributed by atoms with Crippen LogP contribution in [0.4, 0.5) is 4.79 Å². The highest BCUT2D eigenvalue weighted by Crippen LogP contribution is 2.29. The molecule has 0 spiro atoms. The van der Waals surface area contributed by atoms with Crippen molar-refractivity contribution in [3.8, 4) is 0 Å². The molecule has 1 heterocycles. The van der Waals surface area contributed by atoms with Gasteiger partial charge in [-0.15, -0.1) is 12.4 Å². The second kappa shape index (κ2) is 9.08. The molecule has 3 amide bonds. The van der Waals surface area contributed by atoms with Crippen molar-refractivity contribution >= 4 is 24.3 Å². The number of nitrogens with one attached hydrogen (secondary N) is 2. The number of piperidine rings is 1. The highest BCUT2D eigenvalue weighted by Gasteiger charge is 2.37. The van der Waals surface area contributed by atoms with E-state index in [0.29, 0.717) is 19.1 Å². The van der Waals surface area contributed by atoms with E-state index in [9.17, 15) is 9.59 Å². The molecule has 1 unspecified atom stereocenters. The van der Waals surface area contributed by atoms with Crippen LogP contribution in [0.3, 0.4) is 0 Å². The SMILES string of the molecule is Cl.NCC1(NC(=O)C2CCCN(C(=O)NC3CCCC3)C2)CCCC1. The van der Waals surface area contributed by atoms with Crippen LogP contribution < -0.4 is 16.4 Å². The lowest BCUT2D eigenvalue weighted by atomic mass is 9.93. The number of rotatable bonds is 4. The van der Waals surface area contributed by atoms with Crippen LogP contribution in [0.15, 0.2) is 0 Å². The van der Waals surface area contributed by atoms with Gasteiger partial charge in [0.25, 0.3) is 0 Å². The molecule has 2 saturated carbocycles. The number of urea groups is 1. The second-order valence-corrected chi connectivity index (χ2v) is 7.90. The monoisotopic (exact) mass is 372 g/mol. The summed E-state index contributed by atoms with van der Waals surface area (Å²) in [6, 6.07) is 0.333. The van der Waals surface area contributed by atoms with Crippen LogP contribution in [0, 0.1) is 5.92 Å². The Morgan fingerprint density at radius 3 is 2.36 bits per heavy atom. The Labute approximate surface area is 157 Å². The van der Waals surface area contributed by atoms with Gasteiger partial charge in [0, 0.05) is 25.7 Å². The van der Waals surface area contributed by atoms with Gasteiger partial charge < -0.3 is 21.3 Å². The first kappa shape index (κ1) is 20.3. The van der Waals surface area contributed by atoms with Crippen molar-refractivity contribution in [3.05, 3.63) is 0 Å². The average Bonchev–Trinajstić information content (AvgIpc) is 3.27. The van der Waals surface area contributed by atoms with E-state index in [4.69, 9.17) is 5.73 Å². The summed E-state index contributed by atoms with van der Waals surface area (Å²) in [4.78, 5) is 27.0. The summed E-state index contributed by atoms with van der Waals surface area (Å²) in [6.45, 7) is 1.80. The molecule has 3 fully saturated rings. The highest BCUT2D eigenvalue weighted by atomic mass is 35.5. The van der Waals surface area contributed by atoms with E-state index >= 15 is 0 Å². The number of halogens is 1. The van der Waals surface area contributed by atoms with Crippen molar-refractivity contribution < 1.29 is 9.59 Å². The van der Waals surface area contributed by atoms with Gasteiger partial charge in [0.2, 0.25) is 5.91 Å². The molecule has 0 radical (unpaired) electrons. The summed E-state index contributed by atoms with van der Waals surface area (Å²) < 4.78 is 0. The van der Waals surface area contributed by atoms with Crippen molar-refractivity contribution in [2.45, 2.75) is 75.8 Å². The van der Waals surface area contributed by atoms with Gasteiger partial charge in [-0.25, -0.2) is 4.79 Å². The molecule has 1 saturated heterocycles. The number of hydrogen-bond acceptors (Lipinski definition) is 3. The number of carbonyl (C=O) groups is 2. The molecule has 6 nitrogen and oxygen atoms in total. The fourth-order valence-corrected chi connectivity index (χ4v) is 4.51. The molecule has 3 aliphatic rings. The first-order chi connectivity index (χ1) is 11.6. The third kappa shape index (κ3) is 5.00. The lowest BCUT2D eigenvalue weighted by Gasteiger charge is -2.36. The minimum Gasteiger partial charge on any atom is -0.349 e. The second-order valence-electron chi connectivity index (χ2n) is 7.90. The third-order valence-electron chi connectivity index (χ3n) is 6.10. The molecule has 1 atom stereocenters. The van der Waals surface area contributed by atoms with Crippen LogP contribution in [0.25, 0.3) is 0 Å². The van der Waals surface area contributed by atoms with Gasteiger partial charge in [-0.05, 0) is 38.5 Å². The number of carbonyl (C=O) groups excluding carboxylic acids is 2. The zero-order valence-electron chi connectivity index (χ0n) is 15.1. The Balaban J connectivity index is 0.00000225. The number of amides is 3. The van der Waals surface area contributed by atoms with Crippen LogP contribution in [0.5, 0.6) is 0 Å². The standard InChI is InChI=1S/C18H32N4O2.ClH/c19-13-18(9-3-4-10-18)21-16(23)14-6-5-11-22(12-14)17(24)20-15-7-1-2-8-15;/h14-15H,1-13,19H2,(H,20,24)(H,21,23);1H. The van der Waals surface area contributed by atoms with E-state index in [2.05, 4.69) is 10.6 Å². The molecule has 1 aliphatic heterocycles. The highest BCUT2D eigenvalue weighted by molar-refractivity contribution is 5.85. The van der Waals surface area contributed by atoms with E-state index in [1.54, 1.807) is 0 Å². The van der Waals surface area contributed by atoms with Crippen LogP contribution in [-0.4, -0.2) is 48.1 Å². The normalized spacial score (nSPS) is 26.1. The molecule has 4 N–H and O–H groups in total. The fraction of sp³-hybridized carbons (Fsp3) is 0.889. The van der Waals surface area contributed by atoms with Crippen molar-refractivity contribution in [2.24, 2.45) is 11.7 Å². The van der Waals surface area contributed by atoms with Crippen molar-refractivity contribution in [3.63, 3.8) is 0 Å². The minimum atomic E-state index is -0.203. The predicted molar refractivity (Wildman–Crippen MR) is 101 cm³/mol. The van der Waals surface area contributed by atoms with Crippen molar-refractivity contribution in [1.82, 2.24) is 15.5 Å². The first-order valence-electron chi connectivity index (χ1n) is 9.69. The summed E-state index contributed by atoms with van der Waals surface area (Å²) in [5.74, 6) is -0.0159. The van der Waals surface area contributed by atoms with Crippen LogP contribution in [0.2, 0.25) is 0 Å². The van der Waals surface area contributed by atoms with Crippen LogP contribution in [-0.2, 0) is 4.79 Å². The predicted octanol–water partition coefficient (Wildman–Crippen LogP) is 2.16. The number of likely N-dealkylation sites (tertiary alicyclic amines) is 1. The molecule has 0 aromatic carbocycles. The van der Waals surface area contributed by atoms with E-state index in [1.807, 2.05) is 4.90 Å². The smallest absolute Gasteiger partial charge is 0.317 e.